The Morgan fingerprint density at radius 2 is 1.30 bits per heavy atom. The van der Waals surface area contributed by atoms with Crippen molar-refractivity contribution in [1.82, 2.24) is 19.9 Å². The van der Waals surface area contributed by atoms with E-state index >= 15 is 0 Å². The Kier molecular flexibility index (Phi) is 2.46. The molecule has 0 saturated heterocycles. The summed E-state index contributed by atoms with van der Waals surface area (Å²) in [5.41, 5.74) is 6.60. The fourth-order valence-electron chi connectivity index (χ4n) is 2.86. The SMILES string of the molecule is c1ccc(-c2nc3cc4nc5ccccc5[nH]c4cc3n2)cc1. The highest BCUT2D eigenvalue weighted by atomic mass is 14.9. The number of hydrogen-bond donors (Lipinski definition) is 1. The molecule has 5 aromatic rings. The summed E-state index contributed by atoms with van der Waals surface area (Å²) < 4.78 is 0. The van der Waals surface area contributed by atoms with Crippen molar-refractivity contribution in [2.75, 3.05) is 0 Å². The van der Waals surface area contributed by atoms with Gasteiger partial charge in [-0.1, -0.05) is 42.5 Å². The van der Waals surface area contributed by atoms with Crippen molar-refractivity contribution in [3.8, 4) is 11.4 Å². The zero-order valence-corrected chi connectivity index (χ0v) is 12.2. The van der Waals surface area contributed by atoms with E-state index in [2.05, 4.69) is 15.0 Å². The molecule has 2 heterocycles. The number of benzene rings is 3. The van der Waals surface area contributed by atoms with Crippen LogP contribution in [0, 0.1) is 0 Å². The molecule has 0 amide bonds. The van der Waals surface area contributed by atoms with Crippen LogP contribution in [0.5, 0.6) is 0 Å². The number of hydrogen-bond acceptors (Lipinski definition) is 3. The molecule has 0 bridgehead atoms. The molecule has 0 aliphatic heterocycles. The van der Waals surface area contributed by atoms with Gasteiger partial charge in [-0.05, 0) is 24.3 Å². The first-order chi connectivity index (χ1) is 11.4. The number of rotatable bonds is 1. The van der Waals surface area contributed by atoms with Gasteiger partial charge in [0.15, 0.2) is 5.82 Å². The smallest absolute Gasteiger partial charge is 0.160 e. The van der Waals surface area contributed by atoms with E-state index in [1.807, 2.05) is 66.7 Å². The van der Waals surface area contributed by atoms with Crippen LogP contribution in [0.3, 0.4) is 0 Å². The average molecular weight is 296 g/mol. The summed E-state index contributed by atoms with van der Waals surface area (Å²) >= 11 is 0. The first-order valence-electron chi connectivity index (χ1n) is 7.48. The number of nitrogens with zero attached hydrogens (tertiary/aromatic N) is 3. The second-order valence-corrected chi connectivity index (χ2v) is 5.53. The molecule has 4 nitrogen and oxygen atoms in total. The Hall–Kier alpha value is -3.27. The lowest BCUT2D eigenvalue weighted by Gasteiger charge is -2.01. The topological polar surface area (TPSA) is 54.5 Å². The Labute approximate surface area is 131 Å². The molecule has 3 aromatic carbocycles. The molecule has 0 radical (unpaired) electrons. The minimum Gasteiger partial charge on any atom is -0.352 e. The van der Waals surface area contributed by atoms with Gasteiger partial charge in [0.1, 0.15) is 0 Å². The van der Waals surface area contributed by atoms with E-state index in [0.29, 0.717) is 0 Å². The summed E-state index contributed by atoms with van der Waals surface area (Å²) in [6.45, 7) is 0. The lowest BCUT2D eigenvalue weighted by atomic mass is 10.2. The maximum atomic E-state index is 4.71. The van der Waals surface area contributed by atoms with Crippen molar-refractivity contribution in [3.63, 3.8) is 0 Å². The molecule has 0 unspecified atom stereocenters. The number of aromatic amines is 1. The van der Waals surface area contributed by atoms with Crippen LogP contribution in [0.4, 0.5) is 0 Å². The molecule has 4 heteroatoms. The van der Waals surface area contributed by atoms with Crippen LogP contribution >= 0.6 is 0 Å². The minimum absolute atomic E-state index is 0.750. The fourth-order valence-corrected chi connectivity index (χ4v) is 2.86. The lowest BCUT2D eigenvalue weighted by Crippen LogP contribution is -1.87. The van der Waals surface area contributed by atoms with Gasteiger partial charge in [-0.25, -0.2) is 15.0 Å². The second-order valence-electron chi connectivity index (χ2n) is 5.53. The largest absolute Gasteiger partial charge is 0.352 e. The predicted molar refractivity (Wildman–Crippen MR) is 92.1 cm³/mol. The summed E-state index contributed by atoms with van der Waals surface area (Å²) in [5, 5.41) is 0. The lowest BCUT2D eigenvalue weighted by molar-refractivity contribution is 1.34. The number of nitrogens with one attached hydrogen (secondary N) is 1. The third-order valence-corrected chi connectivity index (χ3v) is 3.99. The quantitative estimate of drug-likeness (QED) is 0.468. The molecular weight excluding hydrogens is 284 g/mol. The highest BCUT2D eigenvalue weighted by Crippen LogP contribution is 2.24. The predicted octanol–water partition coefficient (Wildman–Crippen LogP) is 4.33. The third-order valence-electron chi connectivity index (χ3n) is 3.99. The highest BCUT2D eigenvalue weighted by molar-refractivity contribution is 5.95. The van der Waals surface area contributed by atoms with Gasteiger partial charge in [-0.3, -0.25) is 0 Å². The van der Waals surface area contributed by atoms with Crippen LogP contribution in [-0.2, 0) is 0 Å². The van der Waals surface area contributed by atoms with E-state index < -0.39 is 0 Å². The zero-order chi connectivity index (χ0) is 15.2. The van der Waals surface area contributed by atoms with Crippen molar-refractivity contribution < 1.29 is 0 Å². The van der Waals surface area contributed by atoms with E-state index in [1.54, 1.807) is 0 Å². The highest BCUT2D eigenvalue weighted by Gasteiger charge is 2.09. The molecule has 1 N–H and O–H groups in total. The van der Waals surface area contributed by atoms with Crippen LogP contribution in [0.25, 0.3) is 44.5 Å². The monoisotopic (exact) mass is 296 g/mol. The van der Waals surface area contributed by atoms with Crippen molar-refractivity contribution in [1.29, 1.82) is 0 Å². The zero-order valence-electron chi connectivity index (χ0n) is 12.2. The number of fused-ring (bicyclic) bond motifs is 3. The van der Waals surface area contributed by atoms with Gasteiger partial charge in [0.05, 0.1) is 33.1 Å². The molecule has 23 heavy (non-hydrogen) atoms. The molecule has 108 valence electrons. The third kappa shape index (κ3) is 1.96. The van der Waals surface area contributed by atoms with Crippen LogP contribution in [0.15, 0.2) is 66.7 Å². The normalized spacial score (nSPS) is 11.5. The van der Waals surface area contributed by atoms with Gasteiger partial charge in [0.25, 0.3) is 0 Å². The van der Waals surface area contributed by atoms with Gasteiger partial charge in [-0.2, -0.15) is 0 Å². The summed E-state index contributed by atoms with van der Waals surface area (Å²) in [6.07, 6.45) is 0. The van der Waals surface area contributed by atoms with Gasteiger partial charge in [0.2, 0.25) is 0 Å². The van der Waals surface area contributed by atoms with Crippen molar-refractivity contribution in [3.05, 3.63) is 66.7 Å². The molecule has 0 aliphatic rings. The number of H-pyrrole nitrogens is 1. The van der Waals surface area contributed by atoms with Crippen molar-refractivity contribution in [2.45, 2.75) is 0 Å². The second kappa shape index (κ2) is 4.61. The maximum Gasteiger partial charge on any atom is 0.160 e. The number of aromatic nitrogens is 4. The number of imidazole rings is 1. The molecule has 0 atom stereocenters. The first-order valence-corrected chi connectivity index (χ1v) is 7.48. The Morgan fingerprint density at radius 3 is 2.17 bits per heavy atom. The van der Waals surface area contributed by atoms with E-state index in [9.17, 15) is 0 Å². The van der Waals surface area contributed by atoms with Crippen LogP contribution < -0.4 is 0 Å². The summed E-state index contributed by atoms with van der Waals surface area (Å²) in [6, 6.07) is 22.0. The van der Waals surface area contributed by atoms with E-state index in [-0.39, 0.29) is 0 Å². The summed E-state index contributed by atoms with van der Waals surface area (Å²) in [7, 11) is 0. The molecule has 5 rings (SSSR count). The Bertz CT molecular complexity index is 1090. The van der Waals surface area contributed by atoms with E-state index in [4.69, 9.17) is 4.98 Å². The van der Waals surface area contributed by atoms with Crippen molar-refractivity contribution in [2.24, 2.45) is 0 Å². The fraction of sp³-hybridized carbons (Fsp3) is 0. The Balaban J connectivity index is 1.79. The summed E-state index contributed by atoms with van der Waals surface area (Å²) in [4.78, 5) is 17.4. The van der Waals surface area contributed by atoms with Gasteiger partial charge in [0, 0.05) is 5.56 Å². The van der Waals surface area contributed by atoms with Gasteiger partial charge < -0.3 is 4.98 Å². The molecule has 0 spiro atoms. The Morgan fingerprint density at radius 1 is 0.565 bits per heavy atom. The van der Waals surface area contributed by atoms with Gasteiger partial charge in [-0.15, -0.1) is 0 Å². The molecule has 0 aliphatic carbocycles. The van der Waals surface area contributed by atoms with Gasteiger partial charge >= 0.3 is 0 Å². The maximum absolute atomic E-state index is 4.71. The van der Waals surface area contributed by atoms with Crippen LogP contribution in [0.1, 0.15) is 0 Å². The minimum atomic E-state index is 0.750. The average Bonchev–Trinajstić information content (AvgIpc) is 3.01. The van der Waals surface area contributed by atoms with Crippen LogP contribution in [0.2, 0.25) is 0 Å². The van der Waals surface area contributed by atoms with E-state index in [1.165, 1.54) is 0 Å². The van der Waals surface area contributed by atoms with Crippen LogP contribution in [-0.4, -0.2) is 19.9 Å². The molecule has 0 saturated carbocycles. The standard InChI is InChI=1S/C19H12N4/c1-2-6-12(7-3-1)19-22-17-10-15-16(11-18(17)23-19)21-14-9-5-4-8-13(14)20-15/h1-11,20H. The summed E-state index contributed by atoms with van der Waals surface area (Å²) in [5.74, 6) is 0.750. The van der Waals surface area contributed by atoms with E-state index in [0.717, 1.165) is 44.5 Å². The molecule has 0 fully saturated rings. The molecular formula is C19H12N4. The molecule has 2 aromatic heterocycles. The first kappa shape index (κ1) is 12.3. The number of para-hydroxylation sites is 2. The van der Waals surface area contributed by atoms with Crippen molar-refractivity contribution >= 4 is 33.1 Å².